The molecular formula is C13H27NO2. The van der Waals surface area contributed by atoms with Crippen LogP contribution in [0.2, 0.25) is 0 Å². The standard InChI is InChI=1S/C13H27NO2/c1-3-4-5-6-8-11-14-13(15)10-7-9-12-16-2/h3-12H2,1-2H3,(H,14,15). The monoisotopic (exact) mass is 229 g/mol. The van der Waals surface area contributed by atoms with E-state index < -0.39 is 0 Å². The predicted octanol–water partition coefficient (Wildman–Crippen LogP) is 2.89. The van der Waals surface area contributed by atoms with E-state index in [4.69, 9.17) is 4.74 Å². The summed E-state index contributed by atoms with van der Waals surface area (Å²) in [5, 5.41) is 2.96. The van der Waals surface area contributed by atoms with Crippen LogP contribution in [0.15, 0.2) is 0 Å². The van der Waals surface area contributed by atoms with Gasteiger partial charge in [-0.1, -0.05) is 32.6 Å². The zero-order chi connectivity index (χ0) is 12.1. The van der Waals surface area contributed by atoms with Crippen LogP contribution in [0.3, 0.4) is 0 Å². The number of methoxy groups -OCH3 is 1. The lowest BCUT2D eigenvalue weighted by Gasteiger charge is -2.04. The molecule has 0 radical (unpaired) electrons. The molecule has 3 heteroatoms. The van der Waals surface area contributed by atoms with Crippen LogP contribution in [-0.2, 0) is 9.53 Å². The summed E-state index contributed by atoms with van der Waals surface area (Å²) in [7, 11) is 1.69. The van der Waals surface area contributed by atoms with Gasteiger partial charge in [-0.15, -0.1) is 0 Å². The molecule has 1 N–H and O–H groups in total. The highest BCUT2D eigenvalue weighted by Crippen LogP contribution is 2.01. The van der Waals surface area contributed by atoms with E-state index in [1.807, 2.05) is 0 Å². The van der Waals surface area contributed by atoms with Crippen LogP contribution in [-0.4, -0.2) is 26.2 Å². The van der Waals surface area contributed by atoms with Crippen molar-refractivity contribution in [2.45, 2.75) is 58.3 Å². The zero-order valence-electron chi connectivity index (χ0n) is 10.9. The number of carbonyl (C=O) groups excluding carboxylic acids is 1. The summed E-state index contributed by atoms with van der Waals surface area (Å²) in [6, 6.07) is 0. The highest BCUT2D eigenvalue weighted by molar-refractivity contribution is 5.75. The van der Waals surface area contributed by atoms with Gasteiger partial charge in [-0.2, -0.15) is 0 Å². The van der Waals surface area contributed by atoms with E-state index in [2.05, 4.69) is 12.2 Å². The van der Waals surface area contributed by atoms with Crippen molar-refractivity contribution in [2.24, 2.45) is 0 Å². The normalized spacial score (nSPS) is 10.4. The molecule has 0 rings (SSSR count). The van der Waals surface area contributed by atoms with E-state index in [0.29, 0.717) is 6.42 Å². The molecule has 0 spiro atoms. The van der Waals surface area contributed by atoms with Crippen LogP contribution >= 0.6 is 0 Å². The number of amides is 1. The molecule has 16 heavy (non-hydrogen) atoms. The Morgan fingerprint density at radius 3 is 2.50 bits per heavy atom. The van der Waals surface area contributed by atoms with Gasteiger partial charge >= 0.3 is 0 Å². The summed E-state index contributed by atoms with van der Waals surface area (Å²) in [6.45, 7) is 3.80. The third-order valence-corrected chi connectivity index (χ3v) is 2.60. The maximum Gasteiger partial charge on any atom is 0.219 e. The Kier molecular flexibility index (Phi) is 12.1. The number of unbranched alkanes of at least 4 members (excludes halogenated alkanes) is 5. The van der Waals surface area contributed by atoms with Crippen LogP contribution in [0.4, 0.5) is 0 Å². The van der Waals surface area contributed by atoms with Crippen LogP contribution < -0.4 is 5.32 Å². The Labute approximate surface area is 99.9 Å². The summed E-state index contributed by atoms with van der Waals surface area (Å²) in [5.41, 5.74) is 0. The van der Waals surface area contributed by atoms with Gasteiger partial charge in [-0.25, -0.2) is 0 Å². The SMILES string of the molecule is CCCCCCCNC(=O)CCCCOC. The molecule has 0 heterocycles. The van der Waals surface area contributed by atoms with Crippen molar-refractivity contribution in [3.8, 4) is 0 Å². The summed E-state index contributed by atoms with van der Waals surface area (Å²) in [5.74, 6) is 0.187. The van der Waals surface area contributed by atoms with Gasteiger partial charge in [0, 0.05) is 26.7 Å². The van der Waals surface area contributed by atoms with Gasteiger partial charge in [0.1, 0.15) is 0 Å². The van der Waals surface area contributed by atoms with Gasteiger partial charge in [0.25, 0.3) is 0 Å². The Bertz CT molecular complexity index is 160. The highest BCUT2D eigenvalue weighted by Gasteiger charge is 1.99. The van der Waals surface area contributed by atoms with Gasteiger partial charge in [0.2, 0.25) is 5.91 Å². The van der Waals surface area contributed by atoms with Crippen molar-refractivity contribution >= 4 is 5.91 Å². The van der Waals surface area contributed by atoms with Crippen molar-refractivity contribution in [3.63, 3.8) is 0 Å². The third kappa shape index (κ3) is 11.5. The fourth-order valence-corrected chi connectivity index (χ4v) is 1.58. The number of hydrogen-bond acceptors (Lipinski definition) is 2. The second kappa shape index (κ2) is 12.5. The lowest BCUT2D eigenvalue weighted by molar-refractivity contribution is -0.121. The van der Waals surface area contributed by atoms with Crippen LogP contribution in [0, 0.1) is 0 Å². The van der Waals surface area contributed by atoms with E-state index >= 15 is 0 Å². The molecule has 0 aliphatic carbocycles. The van der Waals surface area contributed by atoms with Crippen LogP contribution in [0.5, 0.6) is 0 Å². The molecular weight excluding hydrogens is 202 g/mol. The smallest absolute Gasteiger partial charge is 0.219 e. The van der Waals surface area contributed by atoms with Crippen molar-refractivity contribution in [2.75, 3.05) is 20.3 Å². The number of hydrogen-bond donors (Lipinski definition) is 1. The minimum Gasteiger partial charge on any atom is -0.385 e. The van der Waals surface area contributed by atoms with Gasteiger partial charge in [-0.3, -0.25) is 4.79 Å². The zero-order valence-corrected chi connectivity index (χ0v) is 10.9. The molecule has 0 aliphatic rings. The number of ether oxygens (including phenoxy) is 1. The molecule has 0 aliphatic heterocycles. The second-order valence-corrected chi connectivity index (χ2v) is 4.21. The van der Waals surface area contributed by atoms with Crippen molar-refractivity contribution in [1.29, 1.82) is 0 Å². The van der Waals surface area contributed by atoms with Gasteiger partial charge in [-0.05, 0) is 19.3 Å². The van der Waals surface area contributed by atoms with E-state index in [1.165, 1.54) is 25.7 Å². The molecule has 1 amide bonds. The molecule has 0 saturated heterocycles. The molecule has 96 valence electrons. The third-order valence-electron chi connectivity index (χ3n) is 2.60. The largest absolute Gasteiger partial charge is 0.385 e. The number of rotatable bonds is 11. The maximum atomic E-state index is 11.3. The van der Waals surface area contributed by atoms with E-state index in [-0.39, 0.29) is 5.91 Å². The lowest BCUT2D eigenvalue weighted by Crippen LogP contribution is -2.24. The summed E-state index contributed by atoms with van der Waals surface area (Å²) in [6.07, 6.45) is 8.76. The summed E-state index contributed by atoms with van der Waals surface area (Å²) < 4.78 is 4.93. The van der Waals surface area contributed by atoms with Crippen LogP contribution in [0.25, 0.3) is 0 Å². The Balaban J connectivity index is 3.11. The topological polar surface area (TPSA) is 38.3 Å². The fourth-order valence-electron chi connectivity index (χ4n) is 1.58. The molecule has 0 aromatic heterocycles. The average molecular weight is 229 g/mol. The van der Waals surface area contributed by atoms with Gasteiger partial charge in [0.15, 0.2) is 0 Å². The highest BCUT2D eigenvalue weighted by atomic mass is 16.5. The molecule has 3 nitrogen and oxygen atoms in total. The molecule has 0 atom stereocenters. The van der Waals surface area contributed by atoms with E-state index in [1.54, 1.807) is 7.11 Å². The lowest BCUT2D eigenvalue weighted by atomic mass is 10.1. The van der Waals surface area contributed by atoms with Crippen molar-refractivity contribution in [1.82, 2.24) is 5.32 Å². The summed E-state index contributed by atoms with van der Waals surface area (Å²) >= 11 is 0. The fraction of sp³-hybridized carbons (Fsp3) is 0.923. The molecule has 0 aromatic carbocycles. The minimum atomic E-state index is 0.187. The first-order chi connectivity index (χ1) is 7.81. The molecule has 0 saturated carbocycles. The molecule has 0 unspecified atom stereocenters. The first-order valence-corrected chi connectivity index (χ1v) is 6.57. The molecule has 0 fully saturated rings. The Morgan fingerprint density at radius 1 is 1.06 bits per heavy atom. The van der Waals surface area contributed by atoms with E-state index in [0.717, 1.165) is 32.4 Å². The molecule has 0 aromatic rings. The average Bonchev–Trinajstić information content (AvgIpc) is 2.29. The number of nitrogens with one attached hydrogen (secondary N) is 1. The summed E-state index contributed by atoms with van der Waals surface area (Å²) in [4.78, 5) is 11.3. The van der Waals surface area contributed by atoms with Gasteiger partial charge in [0.05, 0.1) is 0 Å². The van der Waals surface area contributed by atoms with E-state index in [9.17, 15) is 4.79 Å². The van der Waals surface area contributed by atoms with Crippen molar-refractivity contribution in [3.05, 3.63) is 0 Å². The molecule has 0 bridgehead atoms. The number of carbonyl (C=O) groups is 1. The second-order valence-electron chi connectivity index (χ2n) is 4.21. The first kappa shape index (κ1) is 15.4. The first-order valence-electron chi connectivity index (χ1n) is 6.57. The Morgan fingerprint density at radius 2 is 1.81 bits per heavy atom. The maximum absolute atomic E-state index is 11.3. The predicted molar refractivity (Wildman–Crippen MR) is 67.5 cm³/mol. The Hall–Kier alpha value is -0.570. The van der Waals surface area contributed by atoms with Crippen LogP contribution in [0.1, 0.15) is 58.3 Å². The minimum absolute atomic E-state index is 0.187. The van der Waals surface area contributed by atoms with Crippen molar-refractivity contribution < 1.29 is 9.53 Å². The quantitative estimate of drug-likeness (QED) is 0.553. The van der Waals surface area contributed by atoms with Gasteiger partial charge < -0.3 is 10.1 Å².